The molecule has 0 radical (unpaired) electrons. The maximum absolute atomic E-state index is 12.4. The first-order valence-electron chi connectivity index (χ1n) is 10.1. The van der Waals surface area contributed by atoms with Crippen molar-refractivity contribution in [2.45, 2.75) is 37.9 Å². The number of aliphatic hydroxyl groups is 1. The Hall–Kier alpha value is -2.58. The maximum atomic E-state index is 12.4. The minimum absolute atomic E-state index is 0.0483. The molecule has 0 saturated carbocycles. The van der Waals surface area contributed by atoms with Gasteiger partial charge in [-0.2, -0.15) is 0 Å². The molecule has 2 aromatic rings. The van der Waals surface area contributed by atoms with E-state index in [4.69, 9.17) is 4.74 Å². The van der Waals surface area contributed by atoms with Gasteiger partial charge in [0.25, 0.3) is 0 Å². The molecule has 2 rings (SSSR count). The van der Waals surface area contributed by atoms with Crippen molar-refractivity contribution in [1.82, 2.24) is 10.6 Å². The summed E-state index contributed by atoms with van der Waals surface area (Å²) < 4.78 is 30.4. The molecule has 0 aromatic heterocycles. The Bertz CT molecular complexity index is 915. The molecule has 0 bridgehead atoms. The molecule has 3 N–H and O–H groups in total. The van der Waals surface area contributed by atoms with Crippen LogP contribution in [0.5, 0.6) is 5.75 Å². The van der Waals surface area contributed by atoms with Crippen LogP contribution in [-0.2, 0) is 9.84 Å². The summed E-state index contributed by atoms with van der Waals surface area (Å²) in [5, 5.41) is 16.6. The number of benzene rings is 2. The van der Waals surface area contributed by atoms with E-state index in [2.05, 4.69) is 15.6 Å². The van der Waals surface area contributed by atoms with Gasteiger partial charge in [-0.25, -0.2) is 8.42 Å². The van der Waals surface area contributed by atoms with Crippen molar-refractivity contribution in [3.05, 3.63) is 60.2 Å². The lowest BCUT2D eigenvalue weighted by atomic mass is 10.1. The Morgan fingerprint density at radius 1 is 1.10 bits per heavy atom. The first-order valence-corrected chi connectivity index (χ1v) is 11.7. The van der Waals surface area contributed by atoms with E-state index < -0.39 is 15.9 Å². The molecule has 164 valence electrons. The van der Waals surface area contributed by atoms with Crippen molar-refractivity contribution >= 4 is 15.8 Å². The Labute approximate surface area is 179 Å². The molecule has 0 fully saturated rings. The lowest BCUT2D eigenvalue weighted by Gasteiger charge is -2.15. The number of hydrogen-bond acceptors (Lipinski definition) is 5. The topological polar surface area (TPSA) is 100 Å². The van der Waals surface area contributed by atoms with Crippen molar-refractivity contribution < 1.29 is 18.3 Å². The van der Waals surface area contributed by atoms with Crippen LogP contribution in [0.4, 0.5) is 0 Å². The fraction of sp³-hybridized carbons (Fsp3) is 0.409. The minimum Gasteiger partial charge on any atom is -0.491 e. The first kappa shape index (κ1) is 23.7. The summed E-state index contributed by atoms with van der Waals surface area (Å²) in [6, 6.07) is 15.7. The largest absolute Gasteiger partial charge is 0.491 e. The Morgan fingerprint density at radius 3 is 2.50 bits per heavy atom. The molecule has 0 heterocycles. The number of ether oxygens (including phenoxy) is 1. The molecule has 8 heteroatoms. The monoisotopic (exact) mass is 433 g/mol. The summed E-state index contributed by atoms with van der Waals surface area (Å²) in [4.78, 5) is 4.68. The van der Waals surface area contributed by atoms with Gasteiger partial charge in [-0.1, -0.05) is 30.3 Å². The van der Waals surface area contributed by atoms with Crippen LogP contribution in [0.15, 0.2) is 64.5 Å². The third-order valence-electron chi connectivity index (χ3n) is 4.15. The van der Waals surface area contributed by atoms with E-state index in [1.165, 1.54) is 0 Å². The van der Waals surface area contributed by atoms with E-state index in [1.807, 2.05) is 39.0 Å². The fourth-order valence-electron chi connectivity index (χ4n) is 2.74. The minimum atomic E-state index is -3.37. The standard InChI is InChI=1S/C22H31N3O4S/c1-4-23-22(24-13-14-30(27,28)20-11-6-5-7-12-20)25-16-21(26)18-9-8-10-19(15-18)29-17(2)3/h5-12,15,17,21,26H,4,13-14,16H2,1-3H3,(H2,23,24,25). The van der Waals surface area contributed by atoms with Gasteiger partial charge in [-0.15, -0.1) is 0 Å². The van der Waals surface area contributed by atoms with Gasteiger partial charge in [0.2, 0.25) is 0 Å². The van der Waals surface area contributed by atoms with E-state index in [0.717, 1.165) is 0 Å². The molecular formula is C22H31N3O4S. The first-order chi connectivity index (χ1) is 14.3. The number of nitrogens with one attached hydrogen (secondary N) is 2. The van der Waals surface area contributed by atoms with Crippen LogP contribution in [0.1, 0.15) is 32.4 Å². The Morgan fingerprint density at radius 2 is 1.83 bits per heavy atom. The molecule has 1 unspecified atom stereocenters. The lowest BCUT2D eigenvalue weighted by Crippen LogP contribution is -2.39. The summed E-state index contributed by atoms with van der Waals surface area (Å²) in [5.41, 5.74) is 0.708. The van der Waals surface area contributed by atoms with E-state index in [9.17, 15) is 13.5 Å². The molecular weight excluding hydrogens is 402 g/mol. The molecule has 0 amide bonds. The van der Waals surface area contributed by atoms with E-state index in [0.29, 0.717) is 28.7 Å². The third kappa shape index (κ3) is 7.68. The highest BCUT2D eigenvalue weighted by Gasteiger charge is 2.14. The normalized spacial score (nSPS) is 13.2. The molecule has 7 nitrogen and oxygen atoms in total. The average molecular weight is 434 g/mol. The number of sulfone groups is 1. The molecule has 30 heavy (non-hydrogen) atoms. The SMILES string of the molecule is CCNC(=NCC(O)c1cccc(OC(C)C)c1)NCCS(=O)(=O)c1ccccc1. The van der Waals surface area contributed by atoms with Crippen LogP contribution in [0.25, 0.3) is 0 Å². The van der Waals surface area contributed by atoms with Crippen LogP contribution in [0.3, 0.4) is 0 Å². The predicted octanol–water partition coefficient (Wildman–Crippen LogP) is 2.54. The van der Waals surface area contributed by atoms with Gasteiger partial charge in [-0.3, -0.25) is 4.99 Å². The number of aliphatic imine (C=N–C) groups is 1. The second-order valence-electron chi connectivity index (χ2n) is 7.03. The van der Waals surface area contributed by atoms with Crippen molar-refractivity contribution in [2.24, 2.45) is 4.99 Å². The van der Waals surface area contributed by atoms with Gasteiger partial charge < -0.3 is 20.5 Å². The van der Waals surface area contributed by atoms with Crippen molar-refractivity contribution in [1.29, 1.82) is 0 Å². The molecule has 0 spiro atoms. The van der Waals surface area contributed by atoms with Crippen LogP contribution in [0.2, 0.25) is 0 Å². The van der Waals surface area contributed by atoms with E-state index in [1.54, 1.807) is 36.4 Å². The number of rotatable bonds is 10. The molecule has 1 atom stereocenters. The number of nitrogens with zero attached hydrogens (tertiary/aromatic N) is 1. The van der Waals surface area contributed by atoms with Crippen molar-refractivity contribution in [3.8, 4) is 5.75 Å². The molecule has 0 aliphatic rings. The van der Waals surface area contributed by atoms with Crippen LogP contribution >= 0.6 is 0 Å². The predicted molar refractivity (Wildman–Crippen MR) is 120 cm³/mol. The summed E-state index contributed by atoms with van der Waals surface area (Å²) in [7, 11) is -3.37. The second-order valence-corrected chi connectivity index (χ2v) is 9.14. The zero-order chi connectivity index (χ0) is 22.0. The summed E-state index contributed by atoms with van der Waals surface area (Å²) in [5.74, 6) is 1.09. The van der Waals surface area contributed by atoms with Gasteiger partial charge in [-0.05, 0) is 50.6 Å². The highest BCUT2D eigenvalue weighted by atomic mass is 32.2. The van der Waals surface area contributed by atoms with Gasteiger partial charge in [0.1, 0.15) is 5.75 Å². The highest BCUT2D eigenvalue weighted by molar-refractivity contribution is 7.91. The highest BCUT2D eigenvalue weighted by Crippen LogP contribution is 2.20. The second kappa shape index (κ2) is 11.6. The zero-order valence-corrected chi connectivity index (χ0v) is 18.5. The van der Waals surface area contributed by atoms with Gasteiger partial charge in [0, 0.05) is 13.1 Å². The number of aliphatic hydroxyl groups excluding tert-OH is 1. The van der Waals surface area contributed by atoms with E-state index >= 15 is 0 Å². The third-order valence-corrected chi connectivity index (χ3v) is 5.88. The maximum Gasteiger partial charge on any atom is 0.191 e. The summed E-state index contributed by atoms with van der Waals surface area (Å²) >= 11 is 0. The van der Waals surface area contributed by atoms with Crippen molar-refractivity contribution in [3.63, 3.8) is 0 Å². The molecule has 0 aliphatic heterocycles. The Kier molecular flexibility index (Phi) is 9.14. The number of hydrogen-bond donors (Lipinski definition) is 3. The molecule has 0 saturated heterocycles. The van der Waals surface area contributed by atoms with Gasteiger partial charge in [0.05, 0.1) is 29.4 Å². The molecule has 2 aromatic carbocycles. The van der Waals surface area contributed by atoms with Gasteiger partial charge >= 0.3 is 0 Å². The Balaban J connectivity index is 1.95. The van der Waals surface area contributed by atoms with Crippen molar-refractivity contribution in [2.75, 3.05) is 25.4 Å². The quantitative estimate of drug-likeness (QED) is 0.393. The smallest absolute Gasteiger partial charge is 0.191 e. The zero-order valence-electron chi connectivity index (χ0n) is 17.7. The summed E-state index contributed by atoms with van der Waals surface area (Å²) in [6.45, 7) is 6.76. The van der Waals surface area contributed by atoms with Crippen LogP contribution in [-0.4, -0.2) is 51.0 Å². The van der Waals surface area contributed by atoms with Gasteiger partial charge in [0.15, 0.2) is 15.8 Å². The average Bonchev–Trinajstić information content (AvgIpc) is 2.72. The lowest BCUT2D eigenvalue weighted by molar-refractivity contribution is 0.185. The molecule has 0 aliphatic carbocycles. The number of guanidine groups is 1. The van der Waals surface area contributed by atoms with E-state index in [-0.39, 0.29) is 24.9 Å². The van der Waals surface area contributed by atoms with Crippen LogP contribution in [0, 0.1) is 0 Å². The summed E-state index contributed by atoms with van der Waals surface area (Å²) in [6.07, 6.45) is -0.753. The fourth-order valence-corrected chi connectivity index (χ4v) is 3.92. The van der Waals surface area contributed by atoms with Crippen LogP contribution < -0.4 is 15.4 Å².